The summed E-state index contributed by atoms with van der Waals surface area (Å²) in [7, 11) is 0. The van der Waals surface area contributed by atoms with Gasteiger partial charge in [0, 0.05) is 32.2 Å². The molecular formula is C18H29N3O2. The Bertz CT molecular complexity index is 459. The number of aliphatic hydroxyl groups excluding tert-OH is 1. The first-order chi connectivity index (χ1) is 11.2. The number of benzene rings is 1. The zero-order valence-electron chi connectivity index (χ0n) is 14.0. The highest BCUT2D eigenvalue weighted by Crippen LogP contribution is 2.13. The standard InChI is InChI=1S/C18H29N3O2/c1-2-6-17(22)13-19-18(23)20-16-9-11-21(12-10-16)14-15-7-4-3-5-8-15/h3-5,7-8,16-17,22H,2,6,9-14H2,1H3,(H2,19,20,23). The molecule has 2 amide bonds. The zero-order chi connectivity index (χ0) is 16.5. The molecule has 1 aromatic carbocycles. The summed E-state index contributed by atoms with van der Waals surface area (Å²) in [4.78, 5) is 14.3. The number of carbonyl (C=O) groups excluding carboxylic acids is 1. The summed E-state index contributed by atoms with van der Waals surface area (Å²) in [6.45, 7) is 5.32. The van der Waals surface area contributed by atoms with Crippen LogP contribution in [0.5, 0.6) is 0 Å². The maximum Gasteiger partial charge on any atom is 0.315 e. The van der Waals surface area contributed by atoms with Crippen molar-refractivity contribution < 1.29 is 9.90 Å². The van der Waals surface area contributed by atoms with Gasteiger partial charge < -0.3 is 15.7 Å². The van der Waals surface area contributed by atoms with Crippen LogP contribution < -0.4 is 10.6 Å². The number of nitrogens with one attached hydrogen (secondary N) is 2. The Morgan fingerprint density at radius 3 is 2.65 bits per heavy atom. The molecule has 1 aromatic rings. The van der Waals surface area contributed by atoms with E-state index in [4.69, 9.17) is 0 Å². The molecule has 128 valence electrons. The molecule has 0 saturated carbocycles. The number of urea groups is 1. The number of piperidine rings is 1. The Kier molecular flexibility index (Phi) is 7.36. The van der Waals surface area contributed by atoms with Crippen LogP contribution in [0.2, 0.25) is 0 Å². The van der Waals surface area contributed by atoms with E-state index in [0.29, 0.717) is 6.54 Å². The number of rotatable bonds is 7. The minimum atomic E-state index is -0.446. The van der Waals surface area contributed by atoms with E-state index in [2.05, 4.69) is 39.8 Å². The predicted molar refractivity (Wildman–Crippen MR) is 92.2 cm³/mol. The molecule has 2 rings (SSSR count). The number of aliphatic hydroxyl groups is 1. The second-order valence-electron chi connectivity index (χ2n) is 6.33. The SMILES string of the molecule is CCCC(O)CNC(=O)NC1CCN(Cc2ccccc2)CC1. The molecule has 0 radical (unpaired) electrons. The van der Waals surface area contributed by atoms with Gasteiger partial charge in [0.05, 0.1) is 6.10 Å². The third-order valence-corrected chi connectivity index (χ3v) is 4.29. The van der Waals surface area contributed by atoms with Gasteiger partial charge in [-0.1, -0.05) is 43.7 Å². The van der Waals surface area contributed by atoms with Crippen LogP contribution in [-0.4, -0.2) is 47.8 Å². The van der Waals surface area contributed by atoms with Gasteiger partial charge in [-0.25, -0.2) is 4.79 Å². The van der Waals surface area contributed by atoms with E-state index in [0.717, 1.165) is 45.3 Å². The lowest BCUT2D eigenvalue weighted by molar-refractivity contribution is 0.157. The zero-order valence-corrected chi connectivity index (χ0v) is 14.0. The van der Waals surface area contributed by atoms with Crippen LogP contribution in [-0.2, 0) is 6.54 Å². The lowest BCUT2D eigenvalue weighted by Gasteiger charge is -2.32. The van der Waals surface area contributed by atoms with Gasteiger partial charge in [-0.3, -0.25) is 4.90 Å². The molecule has 23 heavy (non-hydrogen) atoms. The van der Waals surface area contributed by atoms with E-state index in [1.54, 1.807) is 0 Å². The molecule has 1 atom stereocenters. The van der Waals surface area contributed by atoms with Crippen molar-refractivity contribution in [1.82, 2.24) is 15.5 Å². The van der Waals surface area contributed by atoms with Crippen molar-refractivity contribution in [2.24, 2.45) is 0 Å². The van der Waals surface area contributed by atoms with Gasteiger partial charge >= 0.3 is 6.03 Å². The van der Waals surface area contributed by atoms with Crippen molar-refractivity contribution in [3.8, 4) is 0 Å². The summed E-state index contributed by atoms with van der Waals surface area (Å²) in [5.74, 6) is 0. The molecule has 5 heteroatoms. The van der Waals surface area contributed by atoms with Crippen LogP contribution in [0.1, 0.15) is 38.2 Å². The molecule has 0 spiro atoms. The molecular weight excluding hydrogens is 290 g/mol. The van der Waals surface area contributed by atoms with Gasteiger partial charge in [-0.15, -0.1) is 0 Å². The lowest BCUT2D eigenvalue weighted by Crippen LogP contribution is -2.48. The highest BCUT2D eigenvalue weighted by Gasteiger charge is 2.20. The summed E-state index contributed by atoms with van der Waals surface area (Å²) >= 11 is 0. The molecule has 1 aliphatic rings. The summed E-state index contributed by atoms with van der Waals surface area (Å²) in [5.41, 5.74) is 1.33. The lowest BCUT2D eigenvalue weighted by atomic mass is 10.0. The van der Waals surface area contributed by atoms with E-state index in [9.17, 15) is 9.90 Å². The van der Waals surface area contributed by atoms with Gasteiger partial charge in [0.25, 0.3) is 0 Å². The predicted octanol–water partition coefficient (Wildman–Crippen LogP) is 2.11. The van der Waals surface area contributed by atoms with E-state index in [-0.39, 0.29) is 12.1 Å². The molecule has 1 saturated heterocycles. The van der Waals surface area contributed by atoms with E-state index < -0.39 is 6.10 Å². The Labute approximate surface area is 139 Å². The highest BCUT2D eigenvalue weighted by atomic mass is 16.3. The molecule has 1 aliphatic heterocycles. The second kappa shape index (κ2) is 9.53. The smallest absolute Gasteiger partial charge is 0.315 e. The monoisotopic (exact) mass is 319 g/mol. The first-order valence-corrected chi connectivity index (χ1v) is 8.66. The number of carbonyl (C=O) groups is 1. The first kappa shape index (κ1) is 17.8. The van der Waals surface area contributed by atoms with E-state index in [1.807, 2.05) is 13.0 Å². The quantitative estimate of drug-likeness (QED) is 0.721. The molecule has 0 aliphatic carbocycles. The van der Waals surface area contributed by atoms with Crippen molar-refractivity contribution in [1.29, 1.82) is 0 Å². The highest BCUT2D eigenvalue weighted by molar-refractivity contribution is 5.74. The van der Waals surface area contributed by atoms with Crippen molar-refractivity contribution in [3.63, 3.8) is 0 Å². The van der Waals surface area contributed by atoms with Gasteiger partial charge in [0.2, 0.25) is 0 Å². The number of likely N-dealkylation sites (tertiary alicyclic amines) is 1. The molecule has 1 fully saturated rings. The molecule has 5 nitrogen and oxygen atoms in total. The first-order valence-electron chi connectivity index (χ1n) is 8.66. The van der Waals surface area contributed by atoms with Crippen LogP contribution in [0, 0.1) is 0 Å². The average molecular weight is 319 g/mol. The fraction of sp³-hybridized carbons (Fsp3) is 0.611. The Morgan fingerprint density at radius 1 is 1.30 bits per heavy atom. The van der Waals surface area contributed by atoms with Crippen LogP contribution in [0.3, 0.4) is 0 Å². The molecule has 0 bridgehead atoms. The van der Waals surface area contributed by atoms with Crippen LogP contribution in [0.25, 0.3) is 0 Å². The normalized spacial score (nSPS) is 17.7. The van der Waals surface area contributed by atoms with Crippen molar-refractivity contribution in [2.75, 3.05) is 19.6 Å². The van der Waals surface area contributed by atoms with E-state index in [1.165, 1.54) is 5.56 Å². The van der Waals surface area contributed by atoms with Gasteiger partial charge in [-0.2, -0.15) is 0 Å². The van der Waals surface area contributed by atoms with E-state index >= 15 is 0 Å². The fourth-order valence-corrected chi connectivity index (χ4v) is 2.96. The van der Waals surface area contributed by atoms with Crippen LogP contribution in [0.15, 0.2) is 30.3 Å². The maximum atomic E-state index is 11.8. The number of hydrogen-bond acceptors (Lipinski definition) is 3. The number of hydrogen-bond donors (Lipinski definition) is 3. The third kappa shape index (κ3) is 6.59. The Hall–Kier alpha value is -1.59. The summed E-state index contributed by atoms with van der Waals surface area (Å²) < 4.78 is 0. The minimum absolute atomic E-state index is 0.165. The van der Waals surface area contributed by atoms with Crippen molar-refractivity contribution in [2.45, 2.75) is 51.3 Å². The summed E-state index contributed by atoms with van der Waals surface area (Å²) in [5, 5.41) is 15.4. The fourth-order valence-electron chi connectivity index (χ4n) is 2.96. The third-order valence-electron chi connectivity index (χ3n) is 4.29. The Morgan fingerprint density at radius 2 is 2.00 bits per heavy atom. The summed E-state index contributed by atoms with van der Waals surface area (Å²) in [6.07, 6.45) is 3.14. The topological polar surface area (TPSA) is 64.6 Å². The maximum absolute atomic E-state index is 11.8. The number of nitrogens with zero attached hydrogens (tertiary/aromatic N) is 1. The summed E-state index contributed by atoms with van der Waals surface area (Å²) in [6, 6.07) is 10.5. The van der Waals surface area contributed by atoms with Crippen LogP contribution >= 0.6 is 0 Å². The Balaban J connectivity index is 1.63. The molecule has 0 aromatic heterocycles. The number of amides is 2. The second-order valence-corrected chi connectivity index (χ2v) is 6.33. The van der Waals surface area contributed by atoms with Crippen molar-refractivity contribution in [3.05, 3.63) is 35.9 Å². The van der Waals surface area contributed by atoms with Gasteiger partial charge in [0.1, 0.15) is 0 Å². The van der Waals surface area contributed by atoms with Crippen LogP contribution in [0.4, 0.5) is 4.79 Å². The molecule has 1 unspecified atom stereocenters. The molecule has 3 N–H and O–H groups in total. The van der Waals surface area contributed by atoms with Gasteiger partial charge in [0.15, 0.2) is 0 Å². The molecule has 1 heterocycles. The largest absolute Gasteiger partial charge is 0.391 e. The van der Waals surface area contributed by atoms with Gasteiger partial charge in [-0.05, 0) is 24.8 Å². The average Bonchev–Trinajstić information content (AvgIpc) is 2.56. The van der Waals surface area contributed by atoms with Crippen molar-refractivity contribution >= 4 is 6.03 Å². The minimum Gasteiger partial charge on any atom is -0.391 e.